The van der Waals surface area contributed by atoms with Crippen LogP contribution in [0.5, 0.6) is 0 Å². The van der Waals surface area contributed by atoms with E-state index in [2.05, 4.69) is 27.9 Å². The van der Waals surface area contributed by atoms with Crippen LogP contribution in [-0.4, -0.2) is 44.2 Å². The molecule has 0 amide bonds. The van der Waals surface area contributed by atoms with Gasteiger partial charge in [-0.15, -0.1) is 0 Å². The van der Waals surface area contributed by atoms with Crippen LogP contribution in [0.3, 0.4) is 0 Å². The minimum atomic E-state index is -0.00194. The van der Waals surface area contributed by atoms with Gasteiger partial charge in [0.2, 0.25) is 0 Å². The van der Waals surface area contributed by atoms with Crippen LogP contribution in [0.1, 0.15) is 162 Å². The number of likely N-dealkylation sites (N-methyl/N-ethyl adjacent to an activating group) is 1. The van der Waals surface area contributed by atoms with Crippen molar-refractivity contribution in [1.29, 1.82) is 0 Å². The maximum atomic E-state index is 11.9. The molecule has 204 valence electrons. The Labute approximate surface area is 215 Å². The summed E-state index contributed by atoms with van der Waals surface area (Å²) in [6.45, 7) is 7.22. The van der Waals surface area contributed by atoms with Gasteiger partial charge in [-0.1, -0.05) is 136 Å². The third-order valence-corrected chi connectivity index (χ3v) is 7.31. The Hall–Kier alpha value is -0.570. The SMILES string of the molecule is CCCCCCCCCCCCCCCCCC[N+](C)(C)CCOC(=O)CCCCCCCC. The van der Waals surface area contributed by atoms with E-state index in [1.165, 1.54) is 135 Å². The van der Waals surface area contributed by atoms with E-state index in [0.29, 0.717) is 13.0 Å². The maximum absolute atomic E-state index is 11.9. The average Bonchev–Trinajstić information content (AvgIpc) is 2.81. The molecule has 0 aliphatic rings. The highest BCUT2D eigenvalue weighted by atomic mass is 16.5. The Kier molecular flexibility index (Phi) is 25.1. The van der Waals surface area contributed by atoms with Crippen molar-refractivity contribution in [2.75, 3.05) is 33.8 Å². The zero-order valence-electron chi connectivity index (χ0n) is 24.1. The van der Waals surface area contributed by atoms with Crippen LogP contribution in [0, 0.1) is 0 Å². The summed E-state index contributed by atoms with van der Waals surface area (Å²) in [6.07, 6.45) is 30.6. The van der Waals surface area contributed by atoms with Crippen molar-refractivity contribution < 1.29 is 14.0 Å². The van der Waals surface area contributed by atoms with Crippen molar-refractivity contribution >= 4 is 5.97 Å². The molecular weight excluding hydrogens is 418 g/mol. The predicted molar refractivity (Wildman–Crippen MR) is 150 cm³/mol. The molecule has 34 heavy (non-hydrogen) atoms. The molecule has 0 aromatic carbocycles. The predicted octanol–water partition coefficient (Wildman–Crippen LogP) is 9.62. The number of quaternary nitrogens is 1. The first-order chi connectivity index (χ1) is 16.5. The van der Waals surface area contributed by atoms with E-state index in [4.69, 9.17) is 4.74 Å². The van der Waals surface area contributed by atoms with Crippen LogP contribution in [0.4, 0.5) is 0 Å². The summed E-state index contributed by atoms with van der Waals surface area (Å²) in [5.41, 5.74) is 0. The molecule has 0 aliphatic heterocycles. The molecule has 3 nitrogen and oxygen atoms in total. The van der Waals surface area contributed by atoms with Crippen LogP contribution in [-0.2, 0) is 9.53 Å². The van der Waals surface area contributed by atoms with E-state index in [0.717, 1.165) is 23.9 Å². The van der Waals surface area contributed by atoms with E-state index in [9.17, 15) is 4.79 Å². The second-order valence-electron chi connectivity index (χ2n) is 11.4. The molecule has 0 aromatic heterocycles. The minimum Gasteiger partial charge on any atom is -0.460 e. The van der Waals surface area contributed by atoms with Gasteiger partial charge in [-0.05, 0) is 19.3 Å². The molecular formula is C31H64NO2+. The van der Waals surface area contributed by atoms with E-state index in [1.807, 2.05) is 0 Å². The van der Waals surface area contributed by atoms with E-state index in [1.54, 1.807) is 0 Å². The van der Waals surface area contributed by atoms with E-state index in [-0.39, 0.29) is 5.97 Å². The van der Waals surface area contributed by atoms with Gasteiger partial charge in [-0.3, -0.25) is 4.79 Å². The van der Waals surface area contributed by atoms with Crippen LogP contribution < -0.4 is 0 Å². The summed E-state index contributed by atoms with van der Waals surface area (Å²) in [7, 11) is 4.54. The number of nitrogens with zero attached hydrogens (tertiary/aromatic N) is 1. The Morgan fingerprint density at radius 2 is 0.853 bits per heavy atom. The Bertz CT molecular complexity index is 422. The summed E-state index contributed by atoms with van der Waals surface area (Å²) < 4.78 is 6.45. The van der Waals surface area contributed by atoms with Crippen molar-refractivity contribution in [3.63, 3.8) is 0 Å². The van der Waals surface area contributed by atoms with Crippen LogP contribution in [0.25, 0.3) is 0 Å². The van der Waals surface area contributed by atoms with Crippen LogP contribution in [0.2, 0.25) is 0 Å². The molecule has 0 rings (SSSR count). The average molecular weight is 483 g/mol. The fourth-order valence-electron chi connectivity index (χ4n) is 4.73. The van der Waals surface area contributed by atoms with Gasteiger partial charge in [0, 0.05) is 6.42 Å². The summed E-state index contributed by atoms with van der Waals surface area (Å²) in [5, 5.41) is 0. The molecule has 0 aromatic rings. The highest BCUT2D eigenvalue weighted by Crippen LogP contribution is 2.14. The van der Waals surface area contributed by atoms with Crippen molar-refractivity contribution in [2.45, 2.75) is 162 Å². The molecule has 0 spiro atoms. The first-order valence-corrected chi connectivity index (χ1v) is 15.5. The molecule has 0 N–H and O–H groups in total. The molecule has 0 fully saturated rings. The molecule has 0 saturated carbocycles. The Morgan fingerprint density at radius 3 is 1.26 bits per heavy atom. The molecule has 0 atom stereocenters. The van der Waals surface area contributed by atoms with Gasteiger partial charge in [0.15, 0.2) is 0 Å². The van der Waals surface area contributed by atoms with Crippen molar-refractivity contribution in [3.8, 4) is 0 Å². The first kappa shape index (κ1) is 33.4. The second-order valence-corrected chi connectivity index (χ2v) is 11.4. The minimum absolute atomic E-state index is 0.00194. The molecule has 0 heterocycles. The fourth-order valence-corrected chi connectivity index (χ4v) is 4.73. The van der Waals surface area contributed by atoms with Gasteiger partial charge in [0.05, 0.1) is 20.6 Å². The molecule has 0 saturated heterocycles. The number of ether oxygens (including phenoxy) is 1. The number of unbranched alkanes of at least 4 members (excludes halogenated alkanes) is 20. The highest BCUT2D eigenvalue weighted by molar-refractivity contribution is 5.69. The molecule has 0 aliphatic carbocycles. The zero-order valence-corrected chi connectivity index (χ0v) is 24.1. The third kappa shape index (κ3) is 26.0. The monoisotopic (exact) mass is 482 g/mol. The van der Waals surface area contributed by atoms with Crippen molar-refractivity contribution in [2.24, 2.45) is 0 Å². The zero-order chi connectivity index (χ0) is 25.2. The van der Waals surface area contributed by atoms with Gasteiger partial charge in [0.25, 0.3) is 0 Å². The quantitative estimate of drug-likeness (QED) is 0.0661. The first-order valence-electron chi connectivity index (χ1n) is 15.5. The number of esters is 1. The largest absolute Gasteiger partial charge is 0.460 e. The Balaban J connectivity index is 3.39. The van der Waals surface area contributed by atoms with Crippen molar-refractivity contribution in [3.05, 3.63) is 0 Å². The number of rotatable bonds is 27. The number of carbonyl (C=O) groups is 1. The molecule has 0 unspecified atom stereocenters. The lowest BCUT2D eigenvalue weighted by atomic mass is 10.0. The second kappa shape index (κ2) is 25.5. The lowest BCUT2D eigenvalue weighted by Gasteiger charge is -2.29. The summed E-state index contributed by atoms with van der Waals surface area (Å²) in [4.78, 5) is 11.9. The lowest BCUT2D eigenvalue weighted by Crippen LogP contribution is -2.43. The molecule has 0 bridgehead atoms. The van der Waals surface area contributed by atoms with Crippen LogP contribution >= 0.6 is 0 Å². The summed E-state index contributed by atoms with van der Waals surface area (Å²) >= 11 is 0. The maximum Gasteiger partial charge on any atom is 0.305 e. The van der Waals surface area contributed by atoms with Gasteiger partial charge in [0.1, 0.15) is 13.2 Å². The van der Waals surface area contributed by atoms with Gasteiger partial charge in [-0.25, -0.2) is 0 Å². The fraction of sp³-hybridized carbons (Fsp3) is 0.968. The number of carbonyl (C=O) groups excluding carboxylic acids is 1. The van der Waals surface area contributed by atoms with E-state index >= 15 is 0 Å². The smallest absolute Gasteiger partial charge is 0.305 e. The Morgan fingerprint density at radius 1 is 0.500 bits per heavy atom. The number of hydrogen-bond acceptors (Lipinski definition) is 2. The van der Waals surface area contributed by atoms with Gasteiger partial charge in [-0.2, -0.15) is 0 Å². The molecule has 0 radical (unpaired) electrons. The van der Waals surface area contributed by atoms with Gasteiger partial charge < -0.3 is 9.22 Å². The summed E-state index contributed by atoms with van der Waals surface area (Å²) in [6, 6.07) is 0. The van der Waals surface area contributed by atoms with Crippen LogP contribution in [0.15, 0.2) is 0 Å². The standard InChI is InChI=1S/C31H64NO2/c1-5-7-9-11-13-14-15-16-17-18-19-20-21-22-24-26-28-32(3,4)29-30-34-31(33)27-25-23-12-10-8-6-2/h5-30H2,1-4H3/q+1. The van der Waals surface area contributed by atoms with E-state index < -0.39 is 0 Å². The van der Waals surface area contributed by atoms with Crippen molar-refractivity contribution in [1.82, 2.24) is 0 Å². The number of hydrogen-bond donors (Lipinski definition) is 0. The lowest BCUT2D eigenvalue weighted by molar-refractivity contribution is -0.890. The highest BCUT2D eigenvalue weighted by Gasteiger charge is 2.15. The van der Waals surface area contributed by atoms with Gasteiger partial charge >= 0.3 is 5.97 Å². The topological polar surface area (TPSA) is 26.3 Å². The molecule has 3 heteroatoms. The summed E-state index contributed by atoms with van der Waals surface area (Å²) in [5.74, 6) is -0.00194. The normalized spacial score (nSPS) is 11.8. The third-order valence-electron chi connectivity index (χ3n) is 7.31.